The second kappa shape index (κ2) is 7.53. The van der Waals surface area contributed by atoms with Crippen LogP contribution in [0.15, 0.2) is 17.7 Å². The van der Waals surface area contributed by atoms with E-state index in [1.165, 1.54) is 18.2 Å². The quantitative estimate of drug-likeness (QED) is 0.654. The summed E-state index contributed by atoms with van der Waals surface area (Å²) in [6, 6.07) is 3.57. The maximum Gasteiger partial charge on any atom is 0.319 e. The Hall–Kier alpha value is -2.23. The van der Waals surface area contributed by atoms with Crippen LogP contribution in [0.25, 0.3) is 6.08 Å². The SMILES string of the molecule is CCOc1c(Cl)cc(/C=C(/C#N)C(=O)NC(N)=O)cc1Cl. The van der Waals surface area contributed by atoms with Gasteiger partial charge in [0.25, 0.3) is 5.91 Å². The number of ether oxygens (including phenoxy) is 1. The minimum absolute atomic E-state index is 0.239. The van der Waals surface area contributed by atoms with E-state index in [1.54, 1.807) is 18.3 Å². The Labute approximate surface area is 131 Å². The molecule has 110 valence electrons. The van der Waals surface area contributed by atoms with Crippen molar-refractivity contribution < 1.29 is 14.3 Å². The lowest BCUT2D eigenvalue weighted by molar-refractivity contribution is -0.115. The fraction of sp³-hybridized carbons (Fsp3) is 0.154. The first-order valence-electron chi connectivity index (χ1n) is 5.73. The number of rotatable bonds is 4. The Morgan fingerprint density at radius 1 is 1.43 bits per heavy atom. The minimum atomic E-state index is -1.05. The minimum Gasteiger partial charge on any atom is -0.491 e. The maximum absolute atomic E-state index is 11.5. The molecule has 0 spiro atoms. The highest BCUT2D eigenvalue weighted by Gasteiger charge is 2.13. The number of nitrogens with two attached hydrogens (primary N) is 1. The van der Waals surface area contributed by atoms with Gasteiger partial charge in [0.05, 0.1) is 16.7 Å². The van der Waals surface area contributed by atoms with Crippen LogP contribution in [-0.2, 0) is 4.79 Å². The molecule has 3 amide bonds. The van der Waals surface area contributed by atoms with Crippen molar-refractivity contribution >= 4 is 41.2 Å². The second-order valence-corrected chi connectivity index (χ2v) is 4.55. The number of amides is 3. The van der Waals surface area contributed by atoms with E-state index in [0.29, 0.717) is 17.9 Å². The zero-order valence-corrected chi connectivity index (χ0v) is 12.5. The highest BCUT2D eigenvalue weighted by Crippen LogP contribution is 2.34. The molecule has 1 aromatic carbocycles. The Morgan fingerprint density at radius 2 is 2.00 bits per heavy atom. The Bertz CT molecular complexity index is 628. The van der Waals surface area contributed by atoms with Gasteiger partial charge in [0.2, 0.25) is 0 Å². The Kier molecular flexibility index (Phi) is 6.03. The van der Waals surface area contributed by atoms with Gasteiger partial charge in [-0.3, -0.25) is 10.1 Å². The van der Waals surface area contributed by atoms with Crippen molar-refractivity contribution in [2.24, 2.45) is 5.73 Å². The fourth-order valence-electron chi connectivity index (χ4n) is 1.44. The number of benzene rings is 1. The third-order valence-electron chi connectivity index (χ3n) is 2.22. The first-order chi connectivity index (χ1) is 9.88. The highest BCUT2D eigenvalue weighted by atomic mass is 35.5. The molecule has 0 radical (unpaired) electrons. The van der Waals surface area contributed by atoms with Crippen molar-refractivity contribution in [2.45, 2.75) is 6.92 Å². The normalized spacial score (nSPS) is 10.7. The molecule has 0 aliphatic rings. The number of carbonyl (C=O) groups is 2. The van der Waals surface area contributed by atoms with Crippen LogP contribution in [-0.4, -0.2) is 18.5 Å². The lowest BCUT2D eigenvalue weighted by atomic mass is 10.1. The van der Waals surface area contributed by atoms with E-state index >= 15 is 0 Å². The van der Waals surface area contributed by atoms with Crippen LogP contribution in [0.5, 0.6) is 5.75 Å². The van der Waals surface area contributed by atoms with Gasteiger partial charge in [0.15, 0.2) is 5.75 Å². The molecule has 0 unspecified atom stereocenters. The summed E-state index contributed by atoms with van der Waals surface area (Å²) >= 11 is 12.0. The molecule has 0 heterocycles. The van der Waals surface area contributed by atoms with Crippen LogP contribution in [0, 0.1) is 11.3 Å². The number of carbonyl (C=O) groups excluding carboxylic acids is 2. The number of imide groups is 1. The Morgan fingerprint density at radius 3 is 2.43 bits per heavy atom. The van der Waals surface area contributed by atoms with E-state index in [-0.39, 0.29) is 15.6 Å². The van der Waals surface area contributed by atoms with Crippen LogP contribution in [0.3, 0.4) is 0 Å². The number of hydrogen-bond donors (Lipinski definition) is 2. The van der Waals surface area contributed by atoms with Crippen molar-refractivity contribution in [3.63, 3.8) is 0 Å². The van der Waals surface area contributed by atoms with Gasteiger partial charge < -0.3 is 10.5 Å². The lowest BCUT2D eigenvalue weighted by Gasteiger charge is -2.09. The molecule has 0 saturated heterocycles. The van der Waals surface area contributed by atoms with Crippen molar-refractivity contribution in [1.82, 2.24) is 5.32 Å². The van der Waals surface area contributed by atoms with Gasteiger partial charge in [-0.15, -0.1) is 0 Å². The highest BCUT2D eigenvalue weighted by molar-refractivity contribution is 6.37. The van der Waals surface area contributed by atoms with Crippen molar-refractivity contribution in [2.75, 3.05) is 6.61 Å². The van der Waals surface area contributed by atoms with Crippen molar-refractivity contribution in [3.8, 4) is 11.8 Å². The average molecular weight is 328 g/mol. The van der Waals surface area contributed by atoms with E-state index in [4.69, 9.17) is 38.9 Å². The first kappa shape index (κ1) is 16.8. The summed E-state index contributed by atoms with van der Waals surface area (Å²) in [6.45, 7) is 2.17. The van der Waals surface area contributed by atoms with E-state index in [1.807, 2.05) is 0 Å². The van der Waals surface area contributed by atoms with E-state index < -0.39 is 11.9 Å². The summed E-state index contributed by atoms with van der Waals surface area (Å²) in [7, 11) is 0. The zero-order valence-electron chi connectivity index (χ0n) is 10.9. The molecular formula is C13H11Cl2N3O3. The predicted molar refractivity (Wildman–Crippen MR) is 78.9 cm³/mol. The molecule has 0 aromatic heterocycles. The molecule has 0 aliphatic heterocycles. The maximum atomic E-state index is 11.5. The fourth-order valence-corrected chi connectivity index (χ4v) is 2.05. The van der Waals surface area contributed by atoms with Gasteiger partial charge in [0, 0.05) is 0 Å². The number of hydrogen-bond acceptors (Lipinski definition) is 4. The molecule has 3 N–H and O–H groups in total. The molecular weight excluding hydrogens is 317 g/mol. The van der Waals surface area contributed by atoms with Crippen LogP contribution in [0.2, 0.25) is 10.0 Å². The van der Waals surface area contributed by atoms with Crippen molar-refractivity contribution in [3.05, 3.63) is 33.3 Å². The third-order valence-corrected chi connectivity index (χ3v) is 2.78. The molecule has 1 aromatic rings. The summed E-state index contributed by atoms with van der Waals surface area (Å²) in [5.74, 6) is -0.593. The zero-order chi connectivity index (χ0) is 16.0. The smallest absolute Gasteiger partial charge is 0.319 e. The molecule has 0 saturated carbocycles. The molecule has 0 aliphatic carbocycles. The van der Waals surface area contributed by atoms with E-state index in [2.05, 4.69) is 0 Å². The number of halogens is 2. The summed E-state index contributed by atoms with van der Waals surface area (Å²) in [4.78, 5) is 22.1. The number of nitrogens with one attached hydrogen (secondary N) is 1. The summed E-state index contributed by atoms with van der Waals surface area (Å²) < 4.78 is 5.26. The topological polar surface area (TPSA) is 105 Å². The second-order valence-electron chi connectivity index (χ2n) is 3.73. The summed E-state index contributed by atoms with van der Waals surface area (Å²) in [5, 5.41) is 11.2. The van der Waals surface area contributed by atoms with Crippen LogP contribution < -0.4 is 15.8 Å². The lowest BCUT2D eigenvalue weighted by Crippen LogP contribution is -2.35. The van der Waals surface area contributed by atoms with Gasteiger partial charge in [-0.25, -0.2) is 4.79 Å². The molecule has 0 atom stereocenters. The standard InChI is InChI=1S/C13H11Cl2N3O3/c1-2-21-11-9(14)4-7(5-10(11)15)3-8(6-16)12(19)18-13(17)20/h3-5H,2H2,1H3,(H3,17,18,19,20)/b8-3-. The first-order valence-corrected chi connectivity index (χ1v) is 6.49. The summed E-state index contributed by atoms with van der Waals surface area (Å²) in [5.41, 5.74) is 4.91. The Balaban J connectivity index is 3.16. The monoisotopic (exact) mass is 327 g/mol. The van der Waals surface area contributed by atoms with Crippen LogP contribution >= 0.6 is 23.2 Å². The molecule has 8 heteroatoms. The van der Waals surface area contributed by atoms with E-state index in [0.717, 1.165) is 0 Å². The molecule has 1 rings (SSSR count). The predicted octanol–water partition coefficient (Wildman–Crippen LogP) is 2.49. The summed E-state index contributed by atoms with van der Waals surface area (Å²) in [6.07, 6.45) is 1.23. The van der Waals surface area contributed by atoms with Gasteiger partial charge in [-0.2, -0.15) is 5.26 Å². The van der Waals surface area contributed by atoms with Gasteiger partial charge >= 0.3 is 6.03 Å². The van der Waals surface area contributed by atoms with Crippen LogP contribution in [0.1, 0.15) is 12.5 Å². The van der Waals surface area contributed by atoms with Gasteiger partial charge in [0.1, 0.15) is 11.6 Å². The molecule has 0 bridgehead atoms. The molecule has 21 heavy (non-hydrogen) atoms. The third kappa shape index (κ3) is 4.67. The molecule has 6 nitrogen and oxygen atoms in total. The van der Waals surface area contributed by atoms with Gasteiger partial charge in [-0.05, 0) is 30.7 Å². The molecule has 0 fully saturated rings. The number of primary amides is 1. The van der Waals surface area contributed by atoms with Crippen molar-refractivity contribution in [1.29, 1.82) is 5.26 Å². The number of urea groups is 1. The average Bonchev–Trinajstić information content (AvgIpc) is 2.39. The largest absolute Gasteiger partial charge is 0.491 e. The van der Waals surface area contributed by atoms with Gasteiger partial charge in [-0.1, -0.05) is 23.2 Å². The van der Waals surface area contributed by atoms with E-state index in [9.17, 15) is 9.59 Å². The van der Waals surface area contributed by atoms with Crippen LogP contribution in [0.4, 0.5) is 4.79 Å². The number of nitrogens with zero attached hydrogens (tertiary/aromatic N) is 1. The number of nitriles is 1.